The van der Waals surface area contributed by atoms with Gasteiger partial charge in [0.2, 0.25) is 0 Å². The van der Waals surface area contributed by atoms with Gasteiger partial charge in [0.1, 0.15) is 0 Å². The van der Waals surface area contributed by atoms with Gasteiger partial charge in [-0.25, -0.2) is 0 Å². The van der Waals surface area contributed by atoms with Crippen molar-refractivity contribution in [1.29, 1.82) is 0 Å². The molecule has 0 amide bonds. The van der Waals surface area contributed by atoms with Crippen LogP contribution in [0.15, 0.2) is 24.3 Å². The zero-order valence-electron chi connectivity index (χ0n) is 7.71. The highest BCUT2D eigenvalue weighted by Crippen LogP contribution is 2.19. The van der Waals surface area contributed by atoms with Crippen LogP contribution in [0.4, 0.5) is 0 Å². The minimum Gasteiger partial charge on any atom is -0.303 e. The van der Waals surface area contributed by atoms with Crippen LogP contribution in [0.2, 0.25) is 5.02 Å². The van der Waals surface area contributed by atoms with Gasteiger partial charge in [-0.3, -0.25) is 0 Å². The van der Waals surface area contributed by atoms with Crippen LogP contribution in [-0.4, -0.2) is 19.0 Å². The molecule has 0 aliphatic rings. The van der Waals surface area contributed by atoms with E-state index in [0.29, 0.717) is 6.04 Å². The van der Waals surface area contributed by atoms with Crippen LogP contribution >= 0.6 is 11.6 Å². The Balaban J connectivity index is 2.82. The van der Waals surface area contributed by atoms with Gasteiger partial charge in [-0.1, -0.05) is 23.7 Å². The van der Waals surface area contributed by atoms with Crippen LogP contribution in [0.3, 0.4) is 0 Å². The van der Waals surface area contributed by atoms with E-state index in [1.54, 1.807) is 0 Å². The van der Waals surface area contributed by atoms with Gasteiger partial charge >= 0.3 is 0 Å². The lowest BCUT2D eigenvalue weighted by molar-refractivity contribution is 0.321. The lowest BCUT2D eigenvalue weighted by atomic mass is 10.1. The van der Waals surface area contributed by atoms with E-state index in [1.807, 2.05) is 12.1 Å². The number of rotatable bonds is 2. The highest BCUT2D eigenvalue weighted by molar-refractivity contribution is 6.30. The van der Waals surface area contributed by atoms with Crippen molar-refractivity contribution in [3.8, 4) is 0 Å². The van der Waals surface area contributed by atoms with E-state index in [9.17, 15) is 0 Å². The van der Waals surface area contributed by atoms with Gasteiger partial charge in [-0.2, -0.15) is 0 Å². The van der Waals surface area contributed by atoms with Crippen molar-refractivity contribution in [1.82, 2.24) is 4.90 Å². The average molecular weight is 184 g/mol. The van der Waals surface area contributed by atoms with Crippen molar-refractivity contribution in [2.45, 2.75) is 13.0 Å². The SMILES string of the molecule is C[C@@H](c1ccc(Cl)cc1)N(C)C. The maximum absolute atomic E-state index is 5.78. The van der Waals surface area contributed by atoms with Crippen molar-refractivity contribution in [3.05, 3.63) is 34.9 Å². The summed E-state index contributed by atoms with van der Waals surface area (Å²) in [4.78, 5) is 2.17. The molecule has 0 spiro atoms. The molecular weight excluding hydrogens is 170 g/mol. The van der Waals surface area contributed by atoms with E-state index in [-0.39, 0.29) is 0 Å². The van der Waals surface area contributed by atoms with Crippen molar-refractivity contribution in [2.75, 3.05) is 14.1 Å². The Hall–Kier alpha value is -0.530. The van der Waals surface area contributed by atoms with Crippen LogP contribution in [0, 0.1) is 0 Å². The summed E-state index contributed by atoms with van der Waals surface area (Å²) >= 11 is 5.78. The maximum Gasteiger partial charge on any atom is 0.0406 e. The smallest absolute Gasteiger partial charge is 0.0406 e. The fourth-order valence-corrected chi connectivity index (χ4v) is 1.17. The van der Waals surface area contributed by atoms with Crippen LogP contribution in [0.25, 0.3) is 0 Å². The van der Waals surface area contributed by atoms with Crippen molar-refractivity contribution >= 4 is 11.6 Å². The normalized spacial score (nSPS) is 13.4. The number of hydrogen-bond acceptors (Lipinski definition) is 1. The fraction of sp³-hybridized carbons (Fsp3) is 0.400. The molecule has 0 aliphatic carbocycles. The highest BCUT2D eigenvalue weighted by atomic mass is 35.5. The predicted molar refractivity (Wildman–Crippen MR) is 53.6 cm³/mol. The number of hydrogen-bond donors (Lipinski definition) is 0. The first kappa shape index (κ1) is 9.56. The van der Waals surface area contributed by atoms with Gasteiger partial charge in [0.15, 0.2) is 0 Å². The third-order valence-electron chi connectivity index (χ3n) is 2.13. The second-order valence-electron chi connectivity index (χ2n) is 3.19. The van der Waals surface area contributed by atoms with Crippen LogP contribution in [0.1, 0.15) is 18.5 Å². The van der Waals surface area contributed by atoms with Gasteiger partial charge in [0, 0.05) is 11.1 Å². The molecule has 0 fully saturated rings. The van der Waals surface area contributed by atoms with Crippen LogP contribution in [-0.2, 0) is 0 Å². The lowest BCUT2D eigenvalue weighted by Gasteiger charge is -2.19. The second-order valence-corrected chi connectivity index (χ2v) is 3.63. The van der Waals surface area contributed by atoms with Crippen LogP contribution in [0.5, 0.6) is 0 Å². The Kier molecular flexibility index (Phi) is 3.12. The molecule has 0 saturated carbocycles. The summed E-state index contributed by atoms with van der Waals surface area (Å²) in [5.74, 6) is 0. The molecule has 66 valence electrons. The van der Waals surface area contributed by atoms with E-state index in [0.717, 1.165) is 5.02 Å². The number of benzene rings is 1. The molecule has 0 radical (unpaired) electrons. The predicted octanol–water partition coefficient (Wildman–Crippen LogP) is 2.96. The summed E-state index contributed by atoms with van der Waals surface area (Å²) in [6, 6.07) is 8.43. The minimum absolute atomic E-state index is 0.447. The first-order valence-corrected chi connectivity index (χ1v) is 4.41. The molecule has 1 aromatic carbocycles. The molecule has 1 aromatic rings. The van der Waals surface area contributed by atoms with E-state index >= 15 is 0 Å². The lowest BCUT2D eigenvalue weighted by Crippen LogP contribution is -2.16. The van der Waals surface area contributed by atoms with Gasteiger partial charge < -0.3 is 4.90 Å². The van der Waals surface area contributed by atoms with Gasteiger partial charge in [0.05, 0.1) is 0 Å². The van der Waals surface area contributed by atoms with Gasteiger partial charge in [-0.15, -0.1) is 0 Å². The van der Waals surface area contributed by atoms with Gasteiger partial charge in [0.25, 0.3) is 0 Å². The molecule has 12 heavy (non-hydrogen) atoms. The number of halogens is 1. The summed E-state index contributed by atoms with van der Waals surface area (Å²) in [6.07, 6.45) is 0. The molecule has 0 heterocycles. The molecule has 1 rings (SSSR count). The van der Waals surface area contributed by atoms with Crippen molar-refractivity contribution in [3.63, 3.8) is 0 Å². The van der Waals surface area contributed by atoms with Crippen molar-refractivity contribution < 1.29 is 0 Å². The first-order valence-electron chi connectivity index (χ1n) is 4.03. The second kappa shape index (κ2) is 3.92. The average Bonchev–Trinajstić information content (AvgIpc) is 2.04. The topological polar surface area (TPSA) is 3.24 Å². The summed E-state index contributed by atoms with van der Waals surface area (Å²) in [6.45, 7) is 2.17. The Morgan fingerprint density at radius 3 is 2.08 bits per heavy atom. The zero-order valence-corrected chi connectivity index (χ0v) is 8.47. The zero-order chi connectivity index (χ0) is 9.14. The molecule has 0 saturated heterocycles. The van der Waals surface area contributed by atoms with E-state index in [2.05, 4.69) is 38.1 Å². The van der Waals surface area contributed by atoms with Crippen LogP contribution < -0.4 is 0 Å². The molecule has 0 N–H and O–H groups in total. The largest absolute Gasteiger partial charge is 0.303 e. The monoisotopic (exact) mass is 183 g/mol. The Morgan fingerprint density at radius 1 is 1.17 bits per heavy atom. The summed E-state index contributed by atoms with van der Waals surface area (Å²) in [5.41, 5.74) is 1.30. The van der Waals surface area contributed by atoms with Gasteiger partial charge in [-0.05, 0) is 38.7 Å². The fourth-order valence-electron chi connectivity index (χ4n) is 1.04. The molecule has 0 aromatic heterocycles. The molecular formula is C10H14ClN. The quantitative estimate of drug-likeness (QED) is 0.682. The third kappa shape index (κ3) is 2.23. The summed E-state index contributed by atoms with van der Waals surface area (Å²) in [5, 5.41) is 0.796. The number of nitrogens with zero attached hydrogens (tertiary/aromatic N) is 1. The molecule has 2 heteroatoms. The molecule has 1 atom stereocenters. The molecule has 0 unspecified atom stereocenters. The summed E-state index contributed by atoms with van der Waals surface area (Å²) < 4.78 is 0. The van der Waals surface area contributed by atoms with E-state index in [4.69, 9.17) is 11.6 Å². The highest BCUT2D eigenvalue weighted by Gasteiger charge is 2.05. The Morgan fingerprint density at radius 2 is 1.67 bits per heavy atom. The molecule has 0 aliphatic heterocycles. The van der Waals surface area contributed by atoms with E-state index in [1.165, 1.54) is 5.56 Å². The Labute approximate surface area is 79.0 Å². The third-order valence-corrected chi connectivity index (χ3v) is 2.38. The minimum atomic E-state index is 0.447. The molecule has 1 nitrogen and oxygen atoms in total. The summed E-state index contributed by atoms with van der Waals surface area (Å²) in [7, 11) is 4.14. The molecule has 0 bridgehead atoms. The first-order chi connectivity index (χ1) is 5.61. The van der Waals surface area contributed by atoms with E-state index < -0.39 is 0 Å². The van der Waals surface area contributed by atoms with Crippen molar-refractivity contribution in [2.24, 2.45) is 0 Å². The standard InChI is InChI=1S/C10H14ClN/c1-8(12(2)3)9-4-6-10(11)7-5-9/h4-8H,1-3H3/t8-/m0/s1. The Bertz CT molecular complexity index is 241. The maximum atomic E-state index is 5.78.